The fraction of sp³-hybridized carbons (Fsp3) is 0.241. The average molecular weight is 577 g/mol. The van der Waals surface area contributed by atoms with Crippen LogP contribution in [-0.4, -0.2) is 27.5 Å². The van der Waals surface area contributed by atoms with Crippen LogP contribution in [0.25, 0.3) is 5.69 Å². The molecule has 11 heteroatoms. The van der Waals surface area contributed by atoms with Crippen molar-refractivity contribution in [2.75, 3.05) is 17.3 Å². The van der Waals surface area contributed by atoms with E-state index in [4.69, 9.17) is 33.0 Å². The number of halogens is 2. The summed E-state index contributed by atoms with van der Waals surface area (Å²) in [5, 5.41) is 17.9. The highest BCUT2D eigenvalue weighted by Gasteiger charge is 2.41. The Kier molecular flexibility index (Phi) is 7.08. The van der Waals surface area contributed by atoms with Crippen molar-refractivity contribution in [3.63, 3.8) is 0 Å². The standard InChI is InChI=1S/C29H26Cl2N6O3/c1-15(2)25-24-26(20-8-7-18(30)10-16(20)3)36(19-12-21(31)28(38)35(4)14-19)29(39)33-27(24)34-37(25)22-11-17(13-32)6-9-23(22)40-5/h6-12,14-15,26H,1-5H3,(H,33,34,39). The van der Waals surface area contributed by atoms with Crippen molar-refractivity contribution in [1.82, 2.24) is 14.3 Å². The number of carbonyl (C=O) groups is 1. The summed E-state index contributed by atoms with van der Waals surface area (Å²) in [6.07, 6.45) is 1.58. The van der Waals surface area contributed by atoms with Crippen LogP contribution in [0.3, 0.4) is 0 Å². The van der Waals surface area contributed by atoms with E-state index in [-0.39, 0.29) is 16.5 Å². The van der Waals surface area contributed by atoms with Gasteiger partial charge in [0, 0.05) is 23.8 Å². The van der Waals surface area contributed by atoms with Crippen LogP contribution in [0, 0.1) is 18.3 Å². The lowest BCUT2D eigenvalue weighted by Crippen LogP contribution is -2.44. The Bertz CT molecular complexity index is 1740. The molecule has 0 radical (unpaired) electrons. The van der Waals surface area contributed by atoms with Gasteiger partial charge in [0.15, 0.2) is 5.82 Å². The van der Waals surface area contributed by atoms with Gasteiger partial charge >= 0.3 is 6.03 Å². The predicted octanol–water partition coefficient (Wildman–Crippen LogP) is 6.33. The Morgan fingerprint density at radius 2 is 1.88 bits per heavy atom. The summed E-state index contributed by atoms with van der Waals surface area (Å²) < 4.78 is 8.70. The molecule has 40 heavy (non-hydrogen) atoms. The number of nitriles is 1. The number of aryl methyl sites for hydroxylation is 2. The van der Waals surface area contributed by atoms with Crippen molar-refractivity contribution in [1.29, 1.82) is 5.26 Å². The monoisotopic (exact) mass is 576 g/mol. The zero-order valence-electron chi connectivity index (χ0n) is 22.5. The third-order valence-electron chi connectivity index (χ3n) is 6.95. The number of hydrogen-bond donors (Lipinski definition) is 1. The highest BCUT2D eigenvalue weighted by atomic mass is 35.5. The molecule has 1 atom stereocenters. The predicted molar refractivity (Wildman–Crippen MR) is 155 cm³/mol. The highest BCUT2D eigenvalue weighted by molar-refractivity contribution is 6.31. The second-order valence-electron chi connectivity index (χ2n) is 9.88. The summed E-state index contributed by atoms with van der Waals surface area (Å²) in [4.78, 5) is 27.8. The summed E-state index contributed by atoms with van der Waals surface area (Å²) in [7, 11) is 3.13. The number of nitrogens with one attached hydrogen (secondary N) is 1. The maximum absolute atomic E-state index is 13.8. The van der Waals surface area contributed by atoms with E-state index in [1.54, 1.807) is 54.2 Å². The normalized spacial score (nSPS) is 14.6. The molecule has 0 saturated carbocycles. The van der Waals surface area contributed by atoms with Gasteiger partial charge < -0.3 is 9.30 Å². The van der Waals surface area contributed by atoms with Gasteiger partial charge in [-0.05, 0) is 60.4 Å². The number of pyridine rings is 1. The molecule has 0 bridgehead atoms. The highest BCUT2D eigenvalue weighted by Crippen LogP contribution is 2.46. The topological polar surface area (TPSA) is 105 Å². The van der Waals surface area contributed by atoms with Crippen molar-refractivity contribution >= 4 is 40.7 Å². The molecule has 4 aromatic rings. The number of rotatable bonds is 5. The van der Waals surface area contributed by atoms with Crippen LogP contribution < -0.4 is 20.5 Å². The number of carbonyl (C=O) groups excluding carboxylic acids is 1. The average Bonchev–Trinajstić information content (AvgIpc) is 3.29. The third kappa shape index (κ3) is 4.49. The van der Waals surface area contributed by atoms with Gasteiger partial charge in [-0.15, -0.1) is 5.10 Å². The van der Waals surface area contributed by atoms with Gasteiger partial charge in [0.2, 0.25) is 0 Å². The van der Waals surface area contributed by atoms with Gasteiger partial charge in [-0.3, -0.25) is 15.0 Å². The zero-order valence-corrected chi connectivity index (χ0v) is 24.0. The van der Waals surface area contributed by atoms with E-state index < -0.39 is 12.1 Å². The molecule has 0 aliphatic carbocycles. The largest absolute Gasteiger partial charge is 0.494 e. The van der Waals surface area contributed by atoms with E-state index in [2.05, 4.69) is 11.4 Å². The van der Waals surface area contributed by atoms with Crippen LogP contribution in [0.5, 0.6) is 5.75 Å². The number of aromatic nitrogens is 3. The fourth-order valence-corrected chi connectivity index (χ4v) is 5.64. The Hall–Kier alpha value is -4.26. The molecule has 0 fully saturated rings. The molecule has 5 rings (SSSR count). The molecule has 204 valence electrons. The second kappa shape index (κ2) is 10.4. The lowest BCUT2D eigenvalue weighted by Gasteiger charge is -2.37. The first-order valence-electron chi connectivity index (χ1n) is 12.5. The molecular formula is C29H26Cl2N6O3. The number of benzene rings is 2. The third-order valence-corrected chi connectivity index (χ3v) is 7.45. The van der Waals surface area contributed by atoms with Crippen molar-refractivity contribution < 1.29 is 9.53 Å². The lowest BCUT2D eigenvalue weighted by atomic mass is 9.89. The van der Waals surface area contributed by atoms with E-state index in [0.717, 1.165) is 22.4 Å². The number of fused-ring (bicyclic) bond motifs is 1. The molecule has 1 aliphatic heterocycles. The molecule has 1 aliphatic rings. The van der Waals surface area contributed by atoms with Crippen LogP contribution in [0.15, 0.2) is 53.5 Å². The molecular weight excluding hydrogens is 551 g/mol. The van der Waals surface area contributed by atoms with E-state index in [1.165, 1.54) is 10.6 Å². The van der Waals surface area contributed by atoms with Crippen molar-refractivity contribution in [2.45, 2.75) is 32.7 Å². The zero-order chi connectivity index (χ0) is 28.9. The number of anilines is 2. The molecule has 0 saturated heterocycles. The number of methoxy groups -OCH3 is 1. The van der Waals surface area contributed by atoms with Crippen molar-refractivity contribution in [2.24, 2.45) is 7.05 Å². The van der Waals surface area contributed by atoms with Crippen LogP contribution in [0.4, 0.5) is 16.3 Å². The molecule has 3 heterocycles. The minimum absolute atomic E-state index is 0.0111. The van der Waals surface area contributed by atoms with E-state index in [9.17, 15) is 14.9 Å². The molecule has 2 aromatic heterocycles. The summed E-state index contributed by atoms with van der Waals surface area (Å²) in [6, 6.07) is 13.2. The van der Waals surface area contributed by atoms with Crippen molar-refractivity contribution in [3.05, 3.63) is 97.0 Å². The molecule has 1 unspecified atom stereocenters. The van der Waals surface area contributed by atoms with Crippen LogP contribution in [0.1, 0.15) is 53.8 Å². The molecule has 1 N–H and O–H groups in total. The van der Waals surface area contributed by atoms with Gasteiger partial charge in [0.25, 0.3) is 5.56 Å². The van der Waals surface area contributed by atoms with Crippen LogP contribution in [-0.2, 0) is 7.05 Å². The first-order chi connectivity index (χ1) is 19.0. The molecule has 9 nitrogen and oxygen atoms in total. The Morgan fingerprint density at radius 3 is 2.50 bits per heavy atom. The summed E-state index contributed by atoms with van der Waals surface area (Å²) in [5.74, 6) is 0.833. The smallest absolute Gasteiger partial charge is 0.328 e. The first-order valence-corrected chi connectivity index (χ1v) is 13.2. The number of nitrogens with zero attached hydrogens (tertiary/aromatic N) is 5. The second-order valence-corrected chi connectivity index (χ2v) is 10.7. The Balaban J connectivity index is 1.86. The van der Waals surface area contributed by atoms with Crippen molar-refractivity contribution in [3.8, 4) is 17.5 Å². The number of ether oxygens (including phenoxy) is 1. The van der Waals surface area contributed by atoms with Gasteiger partial charge in [-0.25, -0.2) is 9.48 Å². The van der Waals surface area contributed by atoms with E-state index in [0.29, 0.717) is 33.5 Å². The molecule has 2 aromatic carbocycles. The Labute approximate surface area is 241 Å². The maximum atomic E-state index is 13.8. The summed E-state index contributed by atoms with van der Waals surface area (Å²) in [5.41, 5.74) is 4.32. The van der Waals surface area contributed by atoms with Gasteiger partial charge in [-0.1, -0.05) is 43.1 Å². The van der Waals surface area contributed by atoms with Gasteiger partial charge in [0.05, 0.1) is 36.2 Å². The minimum atomic E-state index is -0.647. The SMILES string of the molecule is COc1ccc(C#N)cc1-n1nc2c(c1C(C)C)C(c1ccc(Cl)cc1C)N(c1cc(Cl)c(=O)n(C)c1)C(=O)N2. The van der Waals surface area contributed by atoms with Gasteiger partial charge in [0.1, 0.15) is 16.5 Å². The Morgan fingerprint density at radius 1 is 1.12 bits per heavy atom. The molecule has 0 spiro atoms. The number of hydrogen-bond acceptors (Lipinski definition) is 5. The number of amides is 2. The van der Waals surface area contributed by atoms with E-state index >= 15 is 0 Å². The first kappa shape index (κ1) is 27.3. The fourth-order valence-electron chi connectivity index (χ4n) is 5.17. The quantitative estimate of drug-likeness (QED) is 0.299. The lowest BCUT2D eigenvalue weighted by molar-refractivity contribution is 0.254. The van der Waals surface area contributed by atoms with Crippen LogP contribution >= 0.6 is 23.2 Å². The summed E-state index contributed by atoms with van der Waals surface area (Å²) in [6.45, 7) is 5.99. The maximum Gasteiger partial charge on any atom is 0.328 e. The number of urea groups is 1. The molecule has 2 amide bonds. The van der Waals surface area contributed by atoms with Crippen LogP contribution in [0.2, 0.25) is 10.0 Å². The van der Waals surface area contributed by atoms with Gasteiger partial charge in [-0.2, -0.15) is 5.26 Å². The minimum Gasteiger partial charge on any atom is -0.494 e. The summed E-state index contributed by atoms with van der Waals surface area (Å²) >= 11 is 12.6. The van der Waals surface area contributed by atoms with E-state index in [1.807, 2.05) is 32.9 Å².